The quantitative estimate of drug-likeness (QED) is 0.518. The Kier molecular flexibility index (Phi) is 5.32. The molecule has 0 bridgehead atoms. The van der Waals surface area contributed by atoms with Gasteiger partial charge in [0.05, 0.1) is 12.4 Å². The third-order valence-electron chi connectivity index (χ3n) is 3.68. The van der Waals surface area contributed by atoms with E-state index in [1.807, 2.05) is 12.1 Å². The second-order valence-electron chi connectivity index (χ2n) is 5.45. The Morgan fingerprint density at radius 2 is 1.88 bits per heavy atom. The normalized spacial score (nSPS) is 12.0. The molecule has 0 aliphatic heterocycles. The minimum atomic E-state index is -1.05. The van der Waals surface area contributed by atoms with Crippen molar-refractivity contribution >= 4 is 17.5 Å². The van der Waals surface area contributed by atoms with Crippen LogP contribution in [0.15, 0.2) is 47.6 Å². The maximum atomic E-state index is 13.3. The molecule has 5 nitrogen and oxygen atoms in total. The Morgan fingerprint density at radius 1 is 1.15 bits per heavy atom. The van der Waals surface area contributed by atoms with Gasteiger partial charge in [0.1, 0.15) is 5.75 Å². The zero-order valence-corrected chi connectivity index (χ0v) is 14.8. The van der Waals surface area contributed by atoms with Gasteiger partial charge in [-0.25, -0.2) is 13.8 Å². The molecule has 0 saturated carbocycles. The number of carbonyl (C=O) groups is 1. The minimum Gasteiger partial charge on any atom is -0.497 e. The average molecular weight is 375 g/mol. The van der Waals surface area contributed by atoms with E-state index in [1.54, 1.807) is 26.2 Å². The van der Waals surface area contributed by atoms with Crippen LogP contribution in [-0.4, -0.2) is 33.3 Å². The van der Waals surface area contributed by atoms with E-state index in [2.05, 4.69) is 15.2 Å². The number of aromatic amines is 1. The fourth-order valence-electron chi connectivity index (χ4n) is 2.27. The number of H-pyrrole nitrogens is 1. The van der Waals surface area contributed by atoms with Crippen LogP contribution in [0.3, 0.4) is 0 Å². The van der Waals surface area contributed by atoms with Gasteiger partial charge in [0.15, 0.2) is 23.2 Å². The lowest BCUT2D eigenvalue weighted by molar-refractivity contribution is 0.0993. The number of nitrogens with one attached hydrogen (secondary N) is 1. The molecule has 1 N–H and O–H groups in total. The number of ketones is 1. The first kappa shape index (κ1) is 18.1. The Labute approximate surface area is 152 Å². The summed E-state index contributed by atoms with van der Waals surface area (Å²) in [5.74, 6) is -1.08. The van der Waals surface area contributed by atoms with Crippen molar-refractivity contribution in [3.8, 4) is 17.1 Å². The van der Waals surface area contributed by atoms with Crippen LogP contribution in [0.25, 0.3) is 11.4 Å². The Hall–Kier alpha value is -2.74. The maximum absolute atomic E-state index is 13.3. The summed E-state index contributed by atoms with van der Waals surface area (Å²) in [5.41, 5.74) is 0.930. The predicted octanol–water partition coefficient (Wildman–Crippen LogP) is 4.12. The molecule has 0 amide bonds. The molecule has 3 rings (SSSR count). The molecule has 0 radical (unpaired) electrons. The number of thioether (sulfide) groups is 1. The molecule has 1 atom stereocenters. The van der Waals surface area contributed by atoms with Gasteiger partial charge < -0.3 is 4.74 Å². The third kappa shape index (κ3) is 3.91. The van der Waals surface area contributed by atoms with Crippen LogP contribution in [0.2, 0.25) is 0 Å². The molecule has 8 heteroatoms. The van der Waals surface area contributed by atoms with E-state index in [9.17, 15) is 13.6 Å². The van der Waals surface area contributed by atoms with Gasteiger partial charge in [-0.2, -0.15) is 0 Å². The number of ether oxygens (including phenoxy) is 1. The predicted molar refractivity (Wildman–Crippen MR) is 94.4 cm³/mol. The second-order valence-corrected chi connectivity index (χ2v) is 6.76. The molecule has 1 heterocycles. The first-order valence-corrected chi connectivity index (χ1v) is 8.58. The zero-order chi connectivity index (χ0) is 18.7. The van der Waals surface area contributed by atoms with Gasteiger partial charge in [-0.05, 0) is 49.4 Å². The Balaban J connectivity index is 1.71. The summed E-state index contributed by atoms with van der Waals surface area (Å²) in [7, 11) is 1.59. The maximum Gasteiger partial charge on any atom is 0.209 e. The summed E-state index contributed by atoms with van der Waals surface area (Å²) in [6.45, 7) is 1.66. The largest absolute Gasteiger partial charge is 0.497 e. The van der Waals surface area contributed by atoms with Crippen LogP contribution in [0.1, 0.15) is 17.3 Å². The van der Waals surface area contributed by atoms with E-state index in [0.29, 0.717) is 11.0 Å². The van der Waals surface area contributed by atoms with Crippen LogP contribution in [0.4, 0.5) is 8.78 Å². The molecule has 0 aliphatic rings. The van der Waals surface area contributed by atoms with E-state index in [4.69, 9.17) is 4.74 Å². The van der Waals surface area contributed by atoms with E-state index in [-0.39, 0.29) is 11.3 Å². The SMILES string of the molecule is COc1ccc(-c2nc(S[C@H](C)C(=O)c3ccc(F)c(F)c3)n[nH]2)cc1. The number of Topliss-reactive ketones (excluding diaryl/α,β-unsaturated/α-hetero) is 1. The van der Waals surface area contributed by atoms with Crippen molar-refractivity contribution in [2.24, 2.45) is 0 Å². The van der Waals surface area contributed by atoms with Gasteiger partial charge in [-0.3, -0.25) is 9.89 Å². The van der Waals surface area contributed by atoms with Crippen molar-refractivity contribution in [3.63, 3.8) is 0 Å². The molecule has 0 fully saturated rings. The third-order valence-corrected chi connectivity index (χ3v) is 4.64. The molecule has 1 aromatic heterocycles. The summed E-state index contributed by atoms with van der Waals surface area (Å²) in [4.78, 5) is 16.7. The fourth-order valence-corrected chi connectivity index (χ4v) is 3.07. The van der Waals surface area contributed by atoms with Crippen LogP contribution >= 0.6 is 11.8 Å². The van der Waals surface area contributed by atoms with Crippen LogP contribution in [-0.2, 0) is 0 Å². The first-order chi connectivity index (χ1) is 12.5. The summed E-state index contributed by atoms with van der Waals surface area (Å²) in [6.07, 6.45) is 0. The summed E-state index contributed by atoms with van der Waals surface area (Å²) in [5, 5.41) is 6.74. The molecule has 26 heavy (non-hydrogen) atoms. The summed E-state index contributed by atoms with van der Waals surface area (Å²) >= 11 is 1.14. The number of carbonyl (C=O) groups excluding carboxylic acids is 1. The van der Waals surface area contributed by atoms with Crippen molar-refractivity contribution < 1.29 is 18.3 Å². The monoisotopic (exact) mass is 375 g/mol. The van der Waals surface area contributed by atoms with E-state index >= 15 is 0 Å². The Morgan fingerprint density at radius 3 is 2.54 bits per heavy atom. The number of nitrogens with zero attached hydrogens (tertiary/aromatic N) is 2. The summed E-state index contributed by atoms with van der Waals surface area (Å²) < 4.78 is 31.4. The standard InChI is InChI=1S/C18H15F2N3O2S/c1-10(16(24)12-5-8-14(19)15(20)9-12)26-18-21-17(22-23-18)11-3-6-13(25-2)7-4-11/h3-10H,1-2H3,(H,21,22,23)/t10-/m1/s1. The van der Waals surface area contributed by atoms with Crippen molar-refractivity contribution in [3.05, 3.63) is 59.7 Å². The van der Waals surface area contributed by atoms with Crippen molar-refractivity contribution in [1.29, 1.82) is 0 Å². The highest BCUT2D eigenvalue weighted by molar-refractivity contribution is 8.00. The average Bonchev–Trinajstić information content (AvgIpc) is 3.12. The fraction of sp³-hybridized carbons (Fsp3) is 0.167. The highest BCUT2D eigenvalue weighted by atomic mass is 32.2. The van der Waals surface area contributed by atoms with Gasteiger partial charge in [0, 0.05) is 11.1 Å². The number of aromatic nitrogens is 3. The number of hydrogen-bond donors (Lipinski definition) is 1. The number of hydrogen-bond acceptors (Lipinski definition) is 5. The van der Waals surface area contributed by atoms with E-state index in [1.165, 1.54) is 6.07 Å². The lowest BCUT2D eigenvalue weighted by Crippen LogP contribution is -2.14. The lowest BCUT2D eigenvalue weighted by Gasteiger charge is -2.08. The van der Waals surface area contributed by atoms with Crippen molar-refractivity contribution in [2.45, 2.75) is 17.3 Å². The van der Waals surface area contributed by atoms with E-state index < -0.39 is 16.9 Å². The topological polar surface area (TPSA) is 67.9 Å². The molecular weight excluding hydrogens is 360 g/mol. The minimum absolute atomic E-state index is 0.106. The molecule has 0 aliphatic carbocycles. The molecule has 2 aromatic carbocycles. The lowest BCUT2D eigenvalue weighted by atomic mass is 10.1. The van der Waals surface area contributed by atoms with Gasteiger partial charge in [0.2, 0.25) is 5.16 Å². The highest BCUT2D eigenvalue weighted by Crippen LogP contribution is 2.26. The zero-order valence-electron chi connectivity index (χ0n) is 14.0. The number of benzene rings is 2. The molecule has 134 valence electrons. The highest BCUT2D eigenvalue weighted by Gasteiger charge is 2.20. The van der Waals surface area contributed by atoms with Gasteiger partial charge in [-0.1, -0.05) is 11.8 Å². The second kappa shape index (κ2) is 7.65. The molecule has 0 saturated heterocycles. The van der Waals surface area contributed by atoms with Crippen LogP contribution in [0, 0.1) is 11.6 Å². The van der Waals surface area contributed by atoms with Crippen LogP contribution < -0.4 is 4.74 Å². The number of halogens is 2. The van der Waals surface area contributed by atoms with Gasteiger partial charge >= 0.3 is 0 Å². The molecule has 0 unspecified atom stereocenters. The summed E-state index contributed by atoms with van der Waals surface area (Å²) in [6, 6.07) is 10.4. The van der Waals surface area contributed by atoms with Gasteiger partial charge in [0.25, 0.3) is 0 Å². The van der Waals surface area contributed by atoms with Crippen LogP contribution in [0.5, 0.6) is 5.75 Å². The smallest absolute Gasteiger partial charge is 0.209 e. The Bertz CT molecular complexity index is 928. The first-order valence-electron chi connectivity index (χ1n) is 7.70. The number of methoxy groups -OCH3 is 1. The number of rotatable bonds is 6. The van der Waals surface area contributed by atoms with E-state index in [0.717, 1.165) is 35.2 Å². The molecule has 0 spiro atoms. The van der Waals surface area contributed by atoms with Crippen molar-refractivity contribution in [2.75, 3.05) is 7.11 Å². The van der Waals surface area contributed by atoms with Gasteiger partial charge in [-0.15, -0.1) is 5.10 Å². The molecule has 3 aromatic rings. The molecular formula is C18H15F2N3O2S. The van der Waals surface area contributed by atoms with Crippen molar-refractivity contribution in [1.82, 2.24) is 15.2 Å².